The molecule has 0 spiro atoms. The van der Waals surface area contributed by atoms with E-state index in [-0.39, 0.29) is 30.9 Å². The highest BCUT2D eigenvalue weighted by Gasteiger charge is 2.37. The lowest BCUT2D eigenvalue weighted by atomic mass is 10.1. The topological polar surface area (TPSA) is 102 Å². The van der Waals surface area contributed by atoms with Gasteiger partial charge in [-0.15, -0.1) is 0 Å². The molecule has 1 atom stereocenters. The number of hydrogen-bond acceptors (Lipinski definition) is 5. The highest BCUT2D eigenvalue weighted by atomic mass is 19.4. The maximum absolute atomic E-state index is 12.7. The third-order valence-electron chi connectivity index (χ3n) is 3.98. The molecule has 1 aromatic carbocycles. The highest BCUT2D eigenvalue weighted by Crippen LogP contribution is 2.30. The van der Waals surface area contributed by atoms with E-state index in [4.69, 9.17) is 4.74 Å². The fourth-order valence-corrected chi connectivity index (χ4v) is 2.82. The summed E-state index contributed by atoms with van der Waals surface area (Å²) in [5.74, 6) is -1.57. The Hall–Kier alpha value is -2.85. The van der Waals surface area contributed by atoms with Crippen molar-refractivity contribution in [2.45, 2.75) is 32.0 Å². The Morgan fingerprint density at radius 3 is 2.70 bits per heavy atom. The molecular formula is C16H18F3N3O5. The van der Waals surface area contributed by atoms with E-state index in [0.717, 1.165) is 11.0 Å². The molecule has 1 fully saturated rings. The molecule has 1 aromatic rings. The van der Waals surface area contributed by atoms with E-state index in [2.05, 4.69) is 0 Å². The standard InChI is InChI=1S/C16H18F3N3O5/c1-2-27-13-6-5-10(8-12(13)22(25)26)15(24)21-7-3-4-11(21)14(23)20-9-16(17,18)19/h5-6,8,11H,2-4,7,9H2,1H3,(H,20,23). The average molecular weight is 389 g/mol. The maximum atomic E-state index is 12.7. The molecule has 1 aliphatic rings. The second-order valence-corrected chi connectivity index (χ2v) is 5.86. The van der Waals surface area contributed by atoms with Crippen LogP contribution in [0.15, 0.2) is 18.2 Å². The van der Waals surface area contributed by atoms with Crippen molar-refractivity contribution in [1.29, 1.82) is 0 Å². The number of rotatable bonds is 6. The van der Waals surface area contributed by atoms with Gasteiger partial charge in [0, 0.05) is 18.2 Å². The van der Waals surface area contributed by atoms with Gasteiger partial charge < -0.3 is 15.0 Å². The molecule has 0 aliphatic carbocycles. The minimum absolute atomic E-state index is 0.0000535. The molecule has 1 N–H and O–H groups in total. The molecule has 0 saturated carbocycles. The summed E-state index contributed by atoms with van der Waals surface area (Å²) in [6.07, 6.45) is -3.90. The summed E-state index contributed by atoms with van der Waals surface area (Å²) in [7, 11) is 0. The predicted octanol–water partition coefficient (Wildman–Crippen LogP) is 2.28. The van der Waals surface area contributed by atoms with E-state index in [1.54, 1.807) is 12.2 Å². The van der Waals surface area contributed by atoms with Gasteiger partial charge in [-0.05, 0) is 31.9 Å². The Bertz CT molecular complexity index is 739. The van der Waals surface area contributed by atoms with Crippen molar-refractivity contribution in [3.05, 3.63) is 33.9 Å². The van der Waals surface area contributed by atoms with Gasteiger partial charge in [0.2, 0.25) is 5.91 Å². The molecule has 11 heteroatoms. The quantitative estimate of drug-likeness (QED) is 0.594. The van der Waals surface area contributed by atoms with Crippen LogP contribution in [-0.4, -0.2) is 53.6 Å². The molecule has 1 unspecified atom stereocenters. The summed E-state index contributed by atoms with van der Waals surface area (Å²) in [4.78, 5) is 36.3. The van der Waals surface area contributed by atoms with Gasteiger partial charge in [0.25, 0.3) is 5.91 Å². The first kappa shape index (κ1) is 20.5. The number of likely N-dealkylation sites (tertiary alicyclic amines) is 1. The van der Waals surface area contributed by atoms with Gasteiger partial charge in [-0.2, -0.15) is 13.2 Å². The molecule has 0 aromatic heterocycles. The fourth-order valence-electron chi connectivity index (χ4n) is 2.82. The van der Waals surface area contributed by atoms with Crippen LogP contribution < -0.4 is 10.1 Å². The van der Waals surface area contributed by atoms with Crippen LogP contribution in [-0.2, 0) is 4.79 Å². The van der Waals surface area contributed by atoms with Gasteiger partial charge in [-0.25, -0.2) is 0 Å². The van der Waals surface area contributed by atoms with Crippen LogP contribution in [0.5, 0.6) is 5.75 Å². The number of ether oxygens (including phenoxy) is 1. The Morgan fingerprint density at radius 2 is 2.11 bits per heavy atom. The molecular weight excluding hydrogens is 371 g/mol. The summed E-state index contributed by atoms with van der Waals surface area (Å²) in [5.41, 5.74) is -0.444. The van der Waals surface area contributed by atoms with E-state index in [1.165, 1.54) is 12.1 Å². The first-order chi connectivity index (χ1) is 12.6. The number of amides is 2. The van der Waals surface area contributed by atoms with Crippen molar-refractivity contribution < 1.29 is 32.4 Å². The molecule has 0 bridgehead atoms. The lowest BCUT2D eigenvalue weighted by molar-refractivity contribution is -0.385. The number of alkyl halides is 3. The zero-order valence-electron chi connectivity index (χ0n) is 14.4. The van der Waals surface area contributed by atoms with Gasteiger partial charge in [0.1, 0.15) is 12.6 Å². The Kier molecular flexibility index (Phi) is 6.24. The number of nitrogens with zero attached hydrogens (tertiary/aromatic N) is 2. The van der Waals surface area contributed by atoms with E-state index < -0.39 is 41.2 Å². The second kappa shape index (κ2) is 8.23. The van der Waals surface area contributed by atoms with Gasteiger partial charge in [0.15, 0.2) is 5.75 Å². The zero-order chi connectivity index (χ0) is 20.2. The largest absolute Gasteiger partial charge is 0.487 e. The average Bonchev–Trinajstić information content (AvgIpc) is 3.08. The smallest absolute Gasteiger partial charge is 0.405 e. The monoisotopic (exact) mass is 389 g/mol. The van der Waals surface area contributed by atoms with E-state index in [1.807, 2.05) is 0 Å². The molecule has 1 heterocycles. The lowest BCUT2D eigenvalue weighted by Gasteiger charge is -2.24. The summed E-state index contributed by atoms with van der Waals surface area (Å²) in [5, 5.41) is 12.9. The number of carbonyl (C=O) groups is 2. The van der Waals surface area contributed by atoms with E-state index in [9.17, 15) is 32.9 Å². The summed E-state index contributed by atoms with van der Waals surface area (Å²) < 4.78 is 42.0. The third-order valence-corrected chi connectivity index (χ3v) is 3.98. The SMILES string of the molecule is CCOc1ccc(C(=O)N2CCCC2C(=O)NCC(F)(F)F)cc1[N+](=O)[O-]. The van der Waals surface area contributed by atoms with E-state index in [0.29, 0.717) is 6.42 Å². The number of carbonyl (C=O) groups excluding carboxylic acids is 2. The molecule has 2 amide bonds. The fraction of sp³-hybridized carbons (Fsp3) is 0.500. The molecule has 27 heavy (non-hydrogen) atoms. The van der Waals surface area contributed by atoms with Gasteiger partial charge in [-0.1, -0.05) is 0 Å². The Balaban J connectivity index is 2.19. The molecule has 8 nitrogen and oxygen atoms in total. The first-order valence-electron chi connectivity index (χ1n) is 8.20. The Labute approximate surface area is 152 Å². The maximum Gasteiger partial charge on any atom is 0.405 e. The van der Waals surface area contributed by atoms with Crippen molar-refractivity contribution in [2.75, 3.05) is 19.7 Å². The van der Waals surface area contributed by atoms with Crippen LogP contribution in [0, 0.1) is 10.1 Å². The number of hydrogen-bond donors (Lipinski definition) is 1. The normalized spacial score (nSPS) is 16.9. The number of benzene rings is 1. The van der Waals surface area contributed by atoms with Gasteiger partial charge >= 0.3 is 11.9 Å². The van der Waals surface area contributed by atoms with Crippen LogP contribution in [0.4, 0.5) is 18.9 Å². The minimum atomic E-state index is -4.56. The molecule has 148 valence electrons. The summed E-state index contributed by atoms with van der Waals surface area (Å²) in [6, 6.07) is 2.59. The second-order valence-electron chi connectivity index (χ2n) is 5.86. The van der Waals surface area contributed by atoms with Crippen molar-refractivity contribution in [3.8, 4) is 5.75 Å². The van der Waals surface area contributed by atoms with Gasteiger partial charge in [-0.3, -0.25) is 19.7 Å². The first-order valence-corrected chi connectivity index (χ1v) is 8.20. The van der Waals surface area contributed by atoms with Crippen molar-refractivity contribution >= 4 is 17.5 Å². The van der Waals surface area contributed by atoms with Crippen molar-refractivity contribution in [3.63, 3.8) is 0 Å². The lowest BCUT2D eigenvalue weighted by Crippen LogP contribution is -2.48. The molecule has 1 saturated heterocycles. The van der Waals surface area contributed by atoms with Crippen LogP contribution >= 0.6 is 0 Å². The van der Waals surface area contributed by atoms with Crippen LogP contribution in [0.1, 0.15) is 30.1 Å². The van der Waals surface area contributed by atoms with Crippen molar-refractivity contribution in [1.82, 2.24) is 10.2 Å². The molecule has 0 radical (unpaired) electrons. The Morgan fingerprint density at radius 1 is 1.41 bits per heavy atom. The number of halogens is 3. The van der Waals surface area contributed by atoms with Gasteiger partial charge in [0.05, 0.1) is 11.5 Å². The minimum Gasteiger partial charge on any atom is -0.487 e. The highest BCUT2D eigenvalue weighted by molar-refractivity contribution is 5.98. The number of nitrogens with one attached hydrogen (secondary N) is 1. The zero-order valence-corrected chi connectivity index (χ0v) is 14.4. The third kappa shape index (κ3) is 5.08. The number of nitro benzene ring substituents is 1. The van der Waals surface area contributed by atoms with Crippen LogP contribution in [0.3, 0.4) is 0 Å². The van der Waals surface area contributed by atoms with Crippen LogP contribution in [0.25, 0.3) is 0 Å². The summed E-state index contributed by atoms with van der Waals surface area (Å²) >= 11 is 0. The number of nitro groups is 1. The molecule has 1 aliphatic heterocycles. The molecule has 2 rings (SSSR count). The summed E-state index contributed by atoms with van der Waals surface area (Å²) in [6.45, 7) is 0.529. The predicted molar refractivity (Wildman–Crippen MR) is 87.4 cm³/mol. The van der Waals surface area contributed by atoms with Crippen molar-refractivity contribution in [2.24, 2.45) is 0 Å². The van der Waals surface area contributed by atoms with Crippen LogP contribution in [0.2, 0.25) is 0 Å². The van der Waals surface area contributed by atoms with E-state index >= 15 is 0 Å².